The third-order valence-corrected chi connectivity index (χ3v) is 3.02. The Balaban J connectivity index is 2.28. The smallest absolute Gasteiger partial charge is 0.406 e. The normalized spacial score (nSPS) is 13.2. The second kappa shape index (κ2) is 5.77. The summed E-state index contributed by atoms with van der Waals surface area (Å²) < 4.78 is 42.0. The van der Waals surface area contributed by atoms with Crippen LogP contribution in [0, 0.1) is 0 Å². The molecule has 1 heterocycles. The second-order valence-electron chi connectivity index (χ2n) is 4.56. The Kier molecular flexibility index (Phi) is 4.22. The average Bonchev–Trinajstić information content (AvgIpc) is 2.77. The first-order valence-corrected chi connectivity index (χ1v) is 6.36. The number of benzene rings is 1. The molecule has 7 heteroatoms. The molecule has 0 radical (unpaired) electrons. The molecule has 0 spiro atoms. The zero-order chi connectivity index (χ0) is 15.6. The Morgan fingerprint density at radius 3 is 2.62 bits per heavy atom. The van der Waals surface area contributed by atoms with Crippen molar-refractivity contribution < 1.29 is 23.0 Å². The standard InChI is InChI=1S/C14H15F3N2O2/c1-3-10-8-12(19(2)18-10)13(20)9-5-4-6-11(7-9)21-14(15,16)17/h4-8,13,20H,3H2,1-2H3. The Labute approximate surface area is 119 Å². The molecule has 0 aliphatic rings. The molecule has 1 unspecified atom stereocenters. The Morgan fingerprint density at radius 1 is 1.33 bits per heavy atom. The number of alkyl halides is 3. The van der Waals surface area contributed by atoms with Crippen LogP contribution in [0.15, 0.2) is 30.3 Å². The first-order valence-electron chi connectivity index (χ1n) is 6.36. The summed E-state index contributed by atoms with van der Waals surface area (Å²) in [6.45, 7) is 1.93. The lowest BCUT2D eigenvalue weighted by Gasteiger charge is -2.14. The van der Waals surface area contributed by atoms with E-state index in [1.54, 1.807) is 13.1 Å². The van der Waals surface area contributed by atoms with E-state index >= 15 is 0 Å². The average molecular weight is 300 g/mol. The molecule has 1 aromatic carbocycles. The summed E-state index contributed by atoms with van der Waals surface area (Å²) in [6, 6.07) is 7.01. The fourth-order valence-electron chi connectivity index (χ4n) is 2.02. The first kappa shape index (κ1) is 15.4. The molecule has 21 heavy (non-hydrogen) atoms. The first-order chi connectivity index (χ1) is 9.80. The predicted molar refractivity (Wildman–Crippen MR) is 69.8 cm³/mol. The monoisotopic (exact) mass is 300 g/mol. The van der Waals surface area contributed by atoms with Gasteiger partial charge >= 0.3 is 6.36 Å². The molecule has 0 saturated carbocycles. The molecule has 2 aromatic rings. The van der Waals surface area contributed by atoms with E-state index in [-0.39, 0.29) is 5.75 Å². The number of rotatable bonds is 4. The van der Waals surface area contributed by atoms with Gasteiger partial charge in [0.2, 0.25) is 0 Å². The van der Waals surface area contributed by atoms with E-state index in [1.165, 1.54) is 22.9 Å². The third kappa shape index (κ3) is 3.75. The molecule has 1 N–H and O–H groups in total. The number of nitrogens with zero attached hydrogens (tertiary/aromatic N) is 2. The fourth-order valence-corrected chi connectivity index (χ4v) is 2.02. The maximum Gasteiger partial charge on any atom is 0.573 e. The molecule has 0 aliphatic heterocycles. The lowest BCUT2D eigenvalue weighted by atomic mass is 10.1. The van der Waals surface area contributed by atoms with Gasteiger partial charge in [0.15, 0.2) is 0 Å². The third-order valence-electron chi connectivity index (χ3n) is 3.02. The van der Waals surface area contributed by atoms with Crippen LogP contribution in [0.25, 0.3) is 0 Å². The highest BCUT2D eigenvalue weighted by atomic mass is 19.4. The van der Waals surface area contributed by atoms with Crippen molar-refractivity contribution in [2.75, 3.05) is 0 Å². The van der Waals surface area contributed by atoms with Crippen LogP contribution in [0.5, 0.6) is 5.75 Å². The van der Waals surface area contributed by atoms with Crippen molar-refractivity contribution >= 4 is 0 Å². The molecular weight excluding hydrogens is 285 g/mol. The Hall–Kier alpha value is -2.02. The number of aromatic nitrogens is 2. The number of ether oxygens (including phenoxy) is 1. The molecule has 1 aromatic heterocycles. The van der Waals surface area contributed by atoms with E-state index in [2.05, 4.69) is 9.84 Å². The van der Waals surface area contributed by atoms with E-state index in [4.69, 9.17) is 0 Å². The van der Waals surface area contributed by atoms with Gasteiger partial charge in [-0.25, -0.2) is 0 Å². The van der Waals surface area contributed by atoms with Crippen molar-refractivity contribution in [1.82, 2.24) is 9.78 Å². The van der Waals surface area contributed by atoms with Crippen molar-refractivity contribution in [3.05, 3.63) is 47.3 Å². The maximum atomic E-state index is 12.2. The number of aliphatic hydroxyl groups excluding tert-OH is 1. The van der Waals surface area contributed by atoms with Gasteiger partial charge in [0.1, 0.15) is 11.9 Å². The van der Waals surface area contributed by atoms with Crippen LogP contribution in [-0.2, 0) is 13.5 Å². The van der Waals surface area contributed by atoms with Gasteiger partial charge in [0.25, 0.3) is 0 Å². The molecule has 0 fully saturated rings. The lowest BCUT2D eigenvalue weighted by Crippen LogP contribution is -2.17. The molecule has 1 atom stereocenters. The van der Waals surface area contributed by atoms with Crippen LogP contribution in [0.2, 0.25) is 0 Å². The summed E-state index contributed by atoms with van der Waals surface area (Å²) in [5.74, 6) is -0.364. The quantitative estimate of drug-likeness (QED) is 0.944. The minimum absolute atomic E-state index is 0.308. The van der Waals surface area contributed by atoms with Gasteiger partial charge in [-0.05, 0) is 30.2 Å². The lowest BCUT2D eigenvalue weighted by molar-refractivity contribution is -0.274. The number of aliphatic hydroxyl groups is 1. The molecule has 0 aliphatic carbocycles. The molecule has 0 amide bonds. The van der Waals surface area contributed by atoms with E-state index in [1.807, 2.05) is 6.92 Å². The van der Waals surface area contributed by atoms with Gasteiger partial charge in [-0.3, -0.25) is 4.68 Å². The van der Waals surface area contributed by atoms with Gasteiger partial charge in [-0.15, -0.1) is 13.2 Å². The SMILES string of the molecule is CCc1cc(C(O)c2cccc(OC(F)(F)F)c2)n(C)n1. The summed E-state index contributed by atoms with van der Waals surface area (Å²) >= 11 is 0. The van der Waals surface area contributed by atoms with Gasteiger partial charge in [0.05, 0.1) is 11.4 Å². The number of halogens is 3. The van der Waals surface area contributed by atoms with Gasteiger partial charge in [-0.2, -0.15) is 5.10 Å². The fraction of sp³-hybridized carbons (Fsp3) is 0.357. The summed E-state index contributed by atoms with van der Waals surface area (Å²) in [6.07, 6.45) is -5.12. The minimum Gasteiger partial charge on any atom is -0.406 e. The molecule has 4 nitrogen and oxygen atoms in total. The van der Waals surface area contributed by atoms with Crippen LogP contribution in [0.4, 0.5) is 13.2 Å². The van der Waals surface area contributed by atoms with E-state index in [0.29, 0.717) is 17.7 Å². The zero-order valence-electron chi connectivity index (χ0n) is 11.6. The van der Waals surface area contributed by atoms with E-state index in [0.717, 1.165) is 11.8 Å². The molecule has 0 saturated heterocycles. The van der Waals surface area contributed by atoms with Gasteiger partial charge in [0, 0.05) is 7.05 Å². The van der Waals surface area contributed by atoms with E-state index < -0.39 is 12.5 Å². The van der Waals surface area contributed by atoms with Crippen LogP contribution in [-0.4, -0.2) is 21.2 Å². The number of aryl methyl sites for hydroxylation is 2. The summed E-state index contributed by atoms with van der Waals surface area (Å²) in [4.78, 5) is 0. The Bertz CT molecular complexity index is 623. The number of hydrogen-bond acceptors (Lipinski definition) is 3. The van der Waals surface area contributed by atoms with Crippen molar-refractivity contribution in [3.8, 4) is 5.75 Å². The largest absolute Gasteiger partial charge is 0.573 e. The zero-order valence-corrected chi connectivity index (χ0v) is 11.6. The number of hydrogen-bond donors (Lipinski definition) is 1. The highest BCUT2D eigenvalue weighted by Gasteiger charge is 2.31. The van der Waals surface area contributed by atoms with Crippen molar-refractivity contribution in [2.24, 2.45) is 7.05 Å². The van der Waals surface area contributed by atoms with Crippen LogP contribution >= 0.6 is 0 Å². The van der Waals surface area contributed by atoms with Crippen molar-refractivity contribution in [1.29, 1.82) is 0 Å². The van der Waals surface area contributed by atoms with Crippen LogP contribution in [0.3, 0.4) is 0 Å². The topological polar surface area (TPSA) is 47.3 Å². The highest BCUT2D eigenvalue weighted by molar-refractivity contribution is 5.34. The maximum absolute atomic E-state index is 12.2. The summed E-state index contributed by atoms with van der Waals surface area (Å²) in [5.41, 5.74) is 1.62. The van der Waals surface area contributed by atoms with Gasteiger partial charge in [-0.1, -0.05) is 19.1 Å². The molecular formula is C14H15F3N2O2. The Morgan fingerprint density at radius 2 is 2.05 bits per heavy atom. The van der Waals surface area contributed by atoms with Crippen molar-refractivity contribution in [2.45, 2.75) is 25.8 Å². The minimum atomic E-state index is -4.76. The predicted octanol–water partition coefficient (Wildman–Crippen LogP) is 2.96. The van der Waals surface area contributed by atoms with Crippen LogP contribution in [0.1, 0.15) is 30.0 Å². The van der Waals surface area contributed by atoms with Crippen LogP contribution < -0.4 is 4.74 Å². The summed E-state index contributed by atoms with van der Waals surface area (Å²) in [5, 5.41) is 14.5. The highest BCUT2D eigenvalue weighted by Crippen LogP contribution is 2.28. The van der Waals surface area contributed by atoms with E-state index in [9.17, 15) is 18.3 Å². The molecule has 0 bridgehead atoms. The van der Waals surface area contributed by atoms with Gasteiger partial charge < -0.3 is 9.84 Å². The molecule has 2 rings (SSSR count). The molecule has 114 valence electrons. The summed E-state index contributed by atoms with van der Waals surface area (Å²) in [7, 11) is 1.67. The van der Waals surface area contributed by atoms with Crippen molar-refractivity contribution in [3.63, 3.8) is 0 Å². The second-order valence-corrected chi connectivity index (χ2v) is 4.56.